The lowest BCUT2D eigenvalue weighted by Gasteiger charge is -2.30. The molecule has 0 aliphatic heterocycles. The fourth-order valence-corrected chi connectivity index (χ4v) is 4.17. The molecule has 31 heavy (non-hydrogen) atoms. The van der Waals surface area contributed by atoms with Crippen molar-refractivity contribution in [2.75, 3.05) is 22.5 Å². The summed E-state index contributed by atoms with van der Waals surface area (Å²) in [4.78, 5) is 35.3. The Balaban J connectivity index is 2.38. The lowest BCUT2D eigenvalue weighted by atomic mass is 10.1. The van der Waals surface area contributed by atoms with Crippen LogP contribution in [0.1, 0.15) is 30.6 Å². The molecule has 0 aliphatic rings. The molecule has 0 heterocycles. The number of benzene rings is 2. The topological polar surface area (TPSA) is 136 Å². The molecular formula is C20H23N3O7S. The molecule has 0 bridgehead atoms. The molecule has 2 aromatic carbocycles. The van der Waals surface area contributed by atoms with Crippen LogP contribution >= 0.6 is 0 Å². The number of nitrogens with zero attached hydrogens (tertiary/aromatic N) is 2. The van der Waals surface area contributed by atoms with Crippen molar-refractivity contribution in [3.63, 3.8) is 0 Å². The molecule has 0 fully saturated rings. The van der Waals surface area contributed by atoms with Gasteiger partial charge in [-0.3, -0.25) is 19.2 Å². The Bertz CT molecular complexity index is 1090. The number of anilines is 2. The van der Waals surface area contributed by atoms with Crippen LogP contribution in [-0.2, 0) is 19.6 Å². The Labute approximate surface area is 180 Å². The molecule has 11 heteroatoms. The maximum Gasteiger partial charge on any atom is 0.338 e. The molecule has 1 amide bonds. The average molecular weight is 449 g/mol. The van der Waals surface area contributed by atoms with Crippen molar-refractivity contribution in [1.29, 1.82) is 0 Å². The number of carbonyl (C=O) groups is 2. The van der Waals surface area contributed by atoms with Crippen molar-refractivity contribution in [1.82, 2.24) is 0 Å². The molecule has 166 valence electrons. The van der Waals surface area contributed by atoms with Gasteiger partial charge in [0.15, 0.2) is 0 Å². The third-order valence-electron chi connectivity index (χ3n) is 4.27. The number of non-ortho nitro benzene ring substituents is 1. The molecule has 0 aliphatic carbocycles. The quantitative estimate of drug-likeness (QED) is 0.353. The van der Waals surface area contributed by atoms with Gasteiger partial charge in [0.2, 0.25) is 15.9 Å². The molecule has 0 radical (unpaired) electrons. The van der Waals surface area contributed by atoms with Gasteiger partial charge in [0.05, 0.1) is 29.0 Å². The second-order valence-electron chi connectivity index (χ2n) is 6.55. The van der Waals surface area contributed by atoms with E-state index >= 15 is 0 Å². The van der Waals surface area contributed by atoms with E-state index in [1.54, 1.807) is 26.0 Å². The third kappa shape index (κ3) is 6.01. The molecular weight excluding hydrogens is 426 g/mol. The third-order valence-corrected chi connectivity index (χ3v) is 5.45. The molecule has 2 rings (SSSR count). The van der Waals surface area contributed by atoms with Crippen LogP contribution in [0.25, 0.3) is 0 Å². The Morgan fingerprint density at radius 1 is 1.16 bits per heavy atom. The minimum Gasteiger partial charge on any atom is -0.462 e. The van der Waals surface area contributed by atoms with Crippen LogP contribution < -0.4 is 9.62 Å². The number of sulfonamides is 1. The van der Waals surface area contributed by atoms with Crippen LogP contribution in [-0.4, -0.2) is 44.1 Å². The summed E-state index contributed by atoms with van der Waals surface area (Å²) in [5.74, 6) is -1.21. The SMILES string of the molecule is CCOC(=O)c1cccc(NC(=O)[C@@H](CC)N(c2cccc([N+](=O)[O-])c2)S(C)(=O)=O)c1. The van der Waals surface area contributed by atoms with Crippen molar-refractivity contribution in [3.8, 4) is 0 Å². The van der Waals surface area contributed by atoms with Crippen LogP contribution in [0.4, 0.5) is 17.1 Å². The molecule has 0 saturated heterocycles. The highest BCUT2D eigenvalue weighted by Gasteiger charge is 2.32. The van der Waals surface area contributed by atoms with Crippen molar-refractivity contribution in [2.45, 2.75) is 26.3 Å². The second kappa shape index (κ2) is 10.0. The highest BCUT2D eigenvalue weighted by molar-refractivity contribution is 7.92. The minimum absolute atomic E-state index is 0.000950. The van der Waals surface area contributed by atoms with Crippen LogP contribution in [0.3, 0.4) is 0 Å². The van der Waals surface area contributed by atoms with Gasteiger partial charge in [0.25, 0.3) is 5.69 Å². The molecule has 0 spiro atoms. The van der Waals surface area contributed by atoms with Crippen molar-refractivity contribution in [3.05, 3.63) is 64.2 Å². The lowest BCUT2D eigenvalue weighted by Crippen LogP contribution is -2.47. The number of nitro groups is 1. The summed E-state index contributed by atoms with van der Waals surface area (Å²) in [5, 5.41) is 13.7. The molecule has 0 aromatic heterocycles. The minimum atomic E-state index is -3.96. The van der Waals surface area contributed by atoms with Crippen molar-refractivity contribution in [2.24, 2.45) is 0 Å². The normalized spacial score (nSPS) is 12.0. The monoisotopic (exact) mass is 449 g/mol. The molecule has 1 atom stereocenters. The highest BCUT2D eigenvalue weighted by atomic mass is 32.2. The number of hydrogen-bond donors (Lipinski definition) is 1. The first-order chi connectivity index (χ1) is 14.6. The first kappa shape index (κ1) is 23.8. The fourth-order valence-electron chi connectivity index (χ4n) is 2.97. The smallest absolute Gasteiger partial charge is 0.338 e. The summed E-state index contributed by atoms with van der Waals surface area (Å²) >= 11 is 0. The van der Waals surface area contributed by atoms with Gasteiger partial charge < -0.3 is 10.1 Å². The maximum absolute atomic E-state index is 13.0. The summed E-state index contributed by atoms with van der Waals surface area (Å²) in [7, 11) is -3.96. The van der Waals surface area contributed by atoms with Crippen molar-refractivity contribution < 1.29 is 27.7 Å². The van der Waals surface area contributed by atoms with E-state index in [0.29, 0.717) is 0 Å². The predicted octanol–water partition coefficient (Wildman–Crippen LogP) is 2.95. The Morgan fingerprint density at radius 3 is 2.42 bits per heavy atom. The first-order valence-corrected chi connectivity index (χ1v) is 11.2. The maximum atomic E-state index is 13.0. The zero-order chi connectivity index (χ0) is 23.2. The number of ether oxygens (including phenoxy) is 1. The summed E-state index contributed by atoms with van der Waals surface area (Å²) < 4.78 is 30.8. The van der Waals surface area contributed by atoms with E-state index in [-0.39, 0.29) is 35.7 Å². The number of rotatable bonds is 9. The van der Waals surface area contributed by atoms with Gasteiger partial charge in [-0.1, -0.05) is 19.1 Å². The number of esters is 1. The standard InChI is InChI=1S/C20H23N3O7S/c1-4-18(19(24)21-15-9-6-8-14(12-15)20(25)30-5-2)22(31(3,28)29)16-10-7-11-17(13-16)23(26)27/h6-13,18H,4-5H2,1-3H3,(H,21,24)/t18-/m1/s1. The summed E-state index contributed by atoms with van der Waals surface area (Å²) in [6, 6.07) is 9.92. The summed E-state index contributed by atoms with van der Waals surface area (Å²) in [6.07, 6.45) is 1.02. The van der Waals surface area contributed by atoms with Crippen LogP contribution in [0, 0.1) is 10.1 Å². The van der Waals surface area contributed by atoms with Gasteiger partial charge in [-0.15, -0.1) is 0 Å². The molecule has 2 aromatic rings. The van der Waals surface area contributed by atoms with Crippen molar-refractivity contribution >= 4 is 39.0 Å². The van der Waals surface area contributed by atoms with E-state index in [1.807, 2.05) is 0 Å². The van der Waals surface area contributed by atoms with Gasteiger partial charge in [-0.25, -0.2) is 13.2 Å². The molecule has 10 nitrogen and oxygen atoms in total. The Hall–Kier alpha value is -3.47. The van der Waals surface area contributed by atoms with E-state index in [4.69, 9.17) is 4.74 Å². The van der Waals surface area contributed by atoms with E-state index in [9.17, 15) is 28.1 Å². The lowest BCUT2D eigenvalue weighted by molar-refractivity contribution is -0.384. The van der Waals surface area contributed by atoms with Gasteiger partial charge in [-0.2, -0.15) is 0 Å². The number of nitrogens with one attached hydrogen (secondary N) is 1. The number of carbonyl (C=O) groups excluding carboxylic acids is 2. The van der Waals surface area contributed by atoms with E-state index in [2.05, 4.69) is 5.32 Å². The van der Waals surface area contributed by atoms with E-state index in [1.165, 1.54) is 30.3 Å². The Morgan fingerprint density at radius 2 is 1.84 bits per heavy atom. The van der Waals surface area contributed by atoms with Gasteiger partial charge in [0, 0.05) is 17.8 Å². The van der Waals surface area contributed by atoms with Gasteiger partial charge in [0.1, 0.15) is 6.04 Å². The average Bonchev–Trinajstić information content (AvgIpc) is 2.71. The van der Waals surface area contributed by atoms with Gasteiger partial charge in [-0.05, 0) is 37.6 Å². The summed E-state index contributed by atoms with van der Waals surface area (Å²) in [6.45, 7) is 3.48. The van der Waals surface area contributed by atoms with Crippen LogP contribution in [0.15, 0.2) is 48.5 Å². The van der Waals surface area contributed by atoms with Gasteiger partial charge >= 0.3 is 5.97 Å². The second-order valence-corrected chi connectivity index (χ2v) is 8.41. The highest BCUT2D eigenvalue weighted by Crippen LogP contribution is 2.27. The fraction of sp³-hybridized carbons (Fsp3) is 0.300. The zero-order valence-corrected chi connectivity index (χ0v) is 18.1. The molecule has 0 saturated carbocycles. The van der Waals surface area contributed by atoms with E-state index in [0.717, 1.165) is 16.6 Å². The van der Waals surface area contributed by atoms with Crippen LogP contribution in [0.2, 0.25) is 0 Å². The molecule has 1 N–H and O–H groups in total. The number of hydrogen-bond acceptors (Lipinski definition) is 7. The number of nitro benzene ring substituents is 1. The zero-order valence-electron chi connectivity index (χ0n) is 17.3. The van der Waals surface area contributed by atoms with E-state index < -0.39 is 32.9 Å². The summed E-state index contributed by atoms with van der Waals surface area (Å²) in [5.41, 5.74) is 0.204. The predicted molar refractivity (Wildman–Crippen MR) is 116 cm³/mol. The largest absolute Gasteiger partial charge is 0.462 e. The number of amides is 1. The molecule has 0 unspecified atom stereocenters. The Kier molecular flexibility index (Phi) is 7.70. The van der Waals surface area contributed by atoms with Crippen LogP contribution in [0.5, 0.6) is 0 Å². The first-order valence-electron chi connectivity index (χ1n) is 9.40.